The number of fused-ring (bicyclic) bond motifs is 1. The molecule has 140 valence electrons. The monoisotopic (exact) mass is 356 g/mol. The second kappa shape index (κ2) is 7.22. The number of carbonyl (C=O) groups excluding carboxylic acids is 1. The Morgan fingerprint density at radius 3 is 2.31 bits per heavy atom. The quantitative estimate of drug-likeness (QED) is 0.462. The fourth-order valence-electron chi connectivity index (χ4n) is 2.79. The van der Waals surface area contributed by atoms with Crippen molar-refractivity contribution in [1.82, 2.24) is 0 Å². The molecule has 1 unspecified atom stereocenters. The smallest absolute Gasteiger partial charge is 0.338 e. The summed E-state index contributed by atoms with van der Waals surface area (Å²) >= 11 is 0. The number of esters is 1. The molecule has 1 atom stereocenters. The van der Waals surface area contributed by atoms with Crippen molar-refractivity contribution in [2.75, 3.05) is 0 Å². The van der Waals surface area contributed by atoms with E-state index in [0.717, 1.165) is 16.3 Å². The molecule has 4 nitrogen and oxygen atoms in total. The molecule has 0 radical (unpaired) electrons. The molecule has 0 amide bonds. The van der Waals surface area contributed by atoms with Crippen molar-refractivity contribution in [3.63, 3.8) is 0 Å². The Kier molecular flexibility index (Phi) is 5.59. The van der Waals surface area contributed by atoms with Crippen molar-refractivity contribution in [3.05, 3.63) is 54.1 Å². The summed E-state index contributed by atoms with van der Waals surface area (Å²) in [7, 11) is 0. The highest BCUT2D eigenvalue weighted by Crippen LogP contribution is 2.40. The Bertz CT molecular complexity index is 828. The average molecular weight is 356 g/mol. The summed E-state index contributed by atoms with van der Waals surface area (Å²) in [5.74, 6) is -0.0440. The summed E-state index contributed by atoms with van der Waals surface area (Å²) in [4.78, 5) is 12.1. The molecule has 0 aliphatic heterocycles. The number of hydrogen-bond acceptors (Lipinski definition) is 4. The van der Waals surface area contributed by atoms with E-state index < -0.39 is 23.3 Å². The SMILES string of the molecule is C=C(C)C(=O)Oc1ccc2ccccc2c1C(C)(C)OC(C)C(C)(C)O. The lowest BCUT2D eigenvalue weighted by Gasteiger charge is -2.36. The number of rotatable bonds is 6. The minimum absolute atomic E-state index is 0.327. The number of hydrogen-bond donors (Lipinski definition) is 1. The number of benzene rings is 2. The Labute approximate surface area is 155 Å². The maximum atomic E-state index is 12.1. The summed E-state index contributed by atoms with van der Waals surface area (Å²) in [6.07, 6.45) is -0.429. The fourth-order valence-corrected chi connectivity index (χ4v) is 2.79. The van der Waals surface area contributed by atoms with Crippen LogP contribution in [-0.2, 0) is 15.1 Å². The minimum Gasteiger partial charge on any atom is -0.423 e. The molecule has 26 heavy (non-hydrogen) atoms. The summed E-state index contributed by atoms with van der Waals surface area (Å²) < 4.78 is 11.8. The van der Waals surface area contributed by atoms with E-state index in [4.69, 9.17) is 9.47 Å². The largest absolute Gasteiger partial charge is 0.423 e. The van der Waals surface area contributed by atoms with E-state index in [1.807, 2.05) is 51.1 Å². The molecule has 2 aromatic carbocycles. The lowest BCUT2D eigenvalue weighted by atomic mass is 9.90. The van der Waals surface area contributed by atoms with Crippen molar-refractivity contribution < 1.29 is 19.4 Å². The third-order valence-electron chi connectivity index (χ3n) is 4.51. The maximum Gasteiger partial charge on any atom is 0.338 e. The van der Waals surface area contributed by atoms with Crippen LogP contribution in [-0.4, -0.2) is 22.8 Å². The minimum atomic E-state index is -1.00. The van der Waals surface area contributed by atoms with Crippen LogP contribution in [0.15, 0.2) is 48.6 Å². The summed E-state index contributed by atoms with van der Waals surface area (Å²) in [6, 6.07) is 11.6. The molecule has 0 bridgehead atoms. The first kappa shape index (κ1) is 20.1. The van der Waals surface area contributed by atoms with Gasteiger partial charge >= 0.3 is 5.97 Å². The first-order valence-electron chi connectivity index (χ1n) is 8.73. The molecule has 0 saturated carbocycles. The molecular formula is C22H28O4. The van der Waals surface area contributed by atoms with Gasteiger partial charge in [0.1, 0.15) is 5.75 Å². The van der Waals surface area contributed by atoms with Crippen LogP contribution >= 0.6 is 0 Å². The van der Waals surface area contributed by atoms with Crippen LogP contribution in [0.4, 0.5) is 0 Å². The van der Waals surface area contributed by atoms with E-state index in [0.29, 0.717) is 11.3 Å². The highest BCUT2D eigenvalue weighted by molar-refractivity contribution is 5.92. The topological polar surface area (TPSA) is 55.8 Å². The van der Waals surface area contributed by atoms with E-state index in [1.165, 1.54) is 0 Å². The van der Waals surface area contributed by atoms with E-state index in [-0.39, 0.29) is 0 Å². The van der Waals surface area contributed by atoms with Gasteiger partial charge in [-0.1, -0.05) is 36.9 Å². The third-order valence-corrected chi connectivity index (χ3v) is 4.51. The van der Waals surface area contributed by atoms with Gasteiger partial charge in [-0.25, -0.2) is 4.79 Å². The predicted molar refractivity (Wildman–Crippen MR) is 104 cm³/mol. The van der Waals surface area contributed by atoms with Crippen molar-refractivity contribution in [1.29, 1.82) is 0 Å². The highest BCUT2D eigenvalue weighted by Gasteiger charge is 2.34. The average Bonchev–Trinajstić information content (AvgIpc) is 2.52. The standard InChI is InChI=1S/C22H28O4/c1-14(2)20(23)25-18-13-12-16-10-8-9-11-17(16)19(18)22(6,7)26-15(3)21(4,5)24/h8-13,15,24H,1H2,2-7H3. The fraction of sp³-hybridized carbons (Fsp3) is 0.409. The van der Waals surface area contributed by atoms with Crippen molar-refractivity contribution >= 4 is 16.7 Å². The molecule has 2 rings (SSSR count). The molecule has 0 aliphatic carbocycles. The molecule has 0 aromatic heterocycles. The molecule has 2 aromatic rings. The number of carbonyl (C=O) groups is 1. The van der Waals surface area contributed by atoms with E-state index in [9.17, 15) is 9.90 Å². The van der Waals surface area contributed by atoms with Gasteiger partial charge in [0.2, 0.25) is 0 Å². The Hall–Kier alpha value is -2.17. The number of aliphatic hydroxyl groups is 1. The summed E-state index contributed by atoms with van der Waals surface area (Å²) in [6.45, 7) is 14.3. The van der Waals surface area contributed by atoms with Gasteiger partial charge in [-0.05, 0) is 58.4 Å². The second-order valence-electron chi connectivity index (χ2n) is 7.75. The second-order valence-corrected chi connectivity index (χ2v) is 7.75. The van der Waals surface area contributed by atoms with Crippen molar-refractivity contribution in [2.24, 2.45) is 0 Å². The van der Waals surface area contributed by atoms with E-state index >= 15 is 0 Å². The van der Waals surface area contributed by atoms with Gasteiger partial charge in [-0.15, -0.1) is 0 Å². The van der Waals surface area contributed by atoms with E-state index in [2.05, 4.69) is 6.58 Å². The molecule has 4 heteroatoms. The predicted octanol–water partition coefficient (Wildman–Crippen LogP) is 4.73. The first-order chi connectivity index (χ1) is 11.9. The van der Waals surface area contributed by atoms with Gasteiger partial charge < -0.3 is 14.6 Å². The molecule has 0 fully saturated rings. The normalized spacial score (nSPS) is 13.5. The molecular weight excluding hydrogens is 328 g/mol. The zero-order valence-electron chi connectivity index (χ0n) is 16.4. The first-order valence-corrected chi connectivity index (χ1v) is 8.73. The lowest BCUT2D eigenvalue weighted by Crippen LogP contribution is -2.41. The molecule has 1 N–H and O–H groups in total. The number of ether oxygens (including phenoxy) is 2. The van der Waals surface area contributed by atoms with Crippen LogP contribution in [0.25, 0.3) is 10.8 Å². The van der Waals surface area contributed by atoms with Gasteiger partial charge in [0.05, 0.1) is 17.3 Å². The van der Waals surface area contributed by atoms with Gasteiger partial charge in [0, 0.05) is 11.1 Å². The molecule has 0 spiro atoms. The molecule has 0 heterocycles. The Morgan fingerprint density at radius 2 is 1.73 bits per heavy atom. The van der Waals surface area contributed by atoms with Crippen LogP contribution in [0, 0.1) is 0 Å². The van der Waals surface area contributed by atoms with Gasteiger partial charge in [0.25, 0.3) is 0 Å². The van der Waals surface area contributed by atoms with Crippen LogP contribution in [0.3, 0.4) is 0 Å². The third kappa shape index (κ3) is 4.32. The summed E-state index contributed by atoms with van der Waals surface area (Å²) in [5, 5.41) is 12.2. The van der Waals surface area contributed by atoms with E-state index in [1.54, 1.807) is 26.8 Å². The van der Waals surface area contributed by atoms with Crippen LogP contribution < -0.4 is 4.74 Å². The van der Waals surface area contributed by atoms with Gasteiger partial charge in [-0.3, -0.25) is 0 Å². The zero-order valence-corrected chi connectivity index (χ0v) is 16.4. The molecule has 0 saturated heterocycles. The molecule has 0 aliphatic rings. The van der Waals surface area contributed by atoms with Gasteiger partial charge in [0.15, 0.2) is 0 Å². The summed E-state index contributed by atoms with van der Waals surface area (Å²) in [5.41, 5.74) is -0.713. The van der Waals surface area contributed by atoms with Gasteiger partial charge in [-0.2, -0.15) is 0 Å². The van der Waals surface area contributed by atoms with Crippen molar-refractivity contribution in [2.45, 2.75) is 58.8 Å². The Morgan fingerprint density at radius 1 is 1.12 bits per heavy atom. The van der Waals surface area contributed by atoms with Crippen LogP contribution in [0.5, 0.6) is 5.75 Å². The van der Waals surface area contributed by atoms with Crippen LogP contribution in [0.1, 0.15) is 47.1 Å². The van der Waals surface area contributed by atoms with Crippen molar-refractivity contribution in [3.8, 4) is 5.75 Å². The Balaban J connectivity index is 2.60. The zero-order chi connectivity index (χ0) is 19.7. The van der Waals surface area contributed by atoms with Crippen LogP contribution in [0.2, 0.25) is 0 Å². The maximum absolute atomic E-state index is 12.1. The lowest BCUT2D eigenvalue weighted by molar-refractivity contribution is -0.147. The highest BCUT2D eigenvalue weighted by atomic mass is 16.5.